The molecule has 2 heterocycles. The Morgan fingerprint density at radius 1 is 1.22 bits per heavy atom. The van der Waals surface area contributed by atoms with Crippen LogP contribution in [0.15, 0.2) is 36.4 Å². The zero-order valence-corrected chi connectivity index (χ0v) is 10.1. The highest BCUT2D eigenvalue weighted by atomic mass is 16.5. The van der Waals surface area contributed by atoms with Gasteiger partial charge in [0.05, 0.1) is 30.8 Å². The fraction of sp³-hybridized carbons (Fsp3) is 0.357. The maximum absolute atomic E-state index is 9.35. The highest BCUT2D eigenvalue weighted by Gasteiger charge is 2.37. The van der Waals surface area contributed by atoms with Gasteiger partial charge in [0.25, 0.3) is 0 Å². The predicted octanol–water partition coefficient (Wildman–Crippen LogP) is 1.66. The molecule has 0 unspecified atom stereocenters. The van der Waals surface area contributed by atoms with Crippen molar-refractivity contribution in [2.45, 2.75) is 0 Å². The molecule has 18 heavy (non-hydrogen) atoms. The average molecular weight is 244 g/mol. The molecule has 0 atom stereocenters. The highest BCUT2D eigenvalue weighted by molar-refractivity contribution is 5.80. The molecule has 4 heteroatoms. The van der Waals surface area contributed by atoms with E-state index in [1.54, 1.807) is 0 Å². The lowest BCUT2D eigenvalue weighted by Gasteiger charge is -2.39. The number of anilines is 1. The third-order valence-electron chi connectivity index (χ3n) is 3.39. The van der Waals surface area contributed by atoms with Gasteiger partial charge >= 0.3 is 0 Å². The van der Waals surface area contributed by atoms with Gasteiger partial charge in [0.2, 0.25) is 0 Å². The van der Waals surface area contributed by atoms with E-state index in [0.717, 1.165) is 16.7 Å². The van der Waals surface area contributed by atoms with Crippen LogP contribution in [0, 0.1) is 5.41 Å². The summed E-state index contributed by atoms with van der Waals surface area (Å²) < 4.78 is 5.17. The van der Waals surface area contributed by atoms with Crippen molar-refractivity contribution in [1.82, 2.24) is 4.98 Å². The minimum Gasteiger partial charge on any atom is -0.396 e. The molecular weight excluding hydrogens is 228 g/mol. The standard InChI is InChI=1S/C14H16N2O2/c17-8-14(9-18-10-14)7-15-13-6-5-11-3-1-2-4-12(11)16-13/h1-6,17H,7-10H2,(H,15,16). The second-order valence-electron chi connectivity index (χ2n) is 4.89. The molecule has 2 N–H and O–H groups in total. The van der Waals surface area contributed by atoms with Gasteiger partial charge in [-0.05, 0) is 18.2 Å². The Kier molecular flexibility index (Phi) is 2.89. The molecule has 94 valence electrons. The molecule has 4 nitrogen and oxygen atoms in total. The van der Waals surface area contributed by atoms with Gasteiger partial charge in [0.15, 0.2) is 0 Å². The zero-order chi connectivity index (χ0) is 12.4. The van der Waals surface area contributed by atoms with E-state index >= 15 is 0 Å². The highest BCUT2D eigenvalue weighted by Crippen LogP contribution is 2.27. The number of pyridine rings is 1. The number of nitrogens with zero attached hydrogens (tertiary/aromatic N) is 1. The van der Waals surface area contributed by atoms with Gasteiger partial charge in [-0.1, -0.05) is 18.2 Å². The summed E-state index contributed by atoms with van der Waals surface area (Å²) in [5, 5.41) is 13.8. The molecule has 2 aromatic rings. The van der Waals surface area contributed by atoms with Crippen LogP contribution in [0.25, 0.3) is 10.9 Å². The number of rotatable bonds is 4. The van der Waals surface area contributed by atoms with Crippen molar-refractivity contribution < 1.29 is 9.84 Å². The van der Waals surface area contributed by atoms with Crippen molar-refractivity contribution in [1.29, 1.82) is 0 Å². The van der Waals surface area contributed by atoms with Crippen molar-refractivity contribution in [2.75, 3.05) is 31.7 Å². The van der Waals surface area contributed by atoms with E-state index in [-0.39, 0.29) is 12.0 Å². The van der Waals surface area contributed by atoms with Crippen molar-refractivity contribution in [3.8, 4) is 0 Å². The van der Waals surface area contributed by atoms with Gasteiger partial charge in [-0.2, -0.15) is 0 Å². The molecule has 0 radical (unpaired) electrons. The molecule has 0 aliphatic carbocycles. The van der Waals surface area contributed by atoms with Gasteiger partial charge in [0, 0.05) is 11.9 Å². The molecule has 0 spiro atoms. The number of aliphatic hydroxyl groups excluding tert-OH is 1. The lowest BCUT2D eigenvalue weighted by Crippen LogP contribution is -2.50. The first-order valence-corrected chi connectivity index (χ1v) is 6.10. The topological polar surface area (TPSA) is 54.4 Å². The quantitative estimate of drug-likeness (QED) is 0.858. The molecule has 0 amide bonds. The van der Waals surface area contributed by atoms with Crippen LogP contribution in [0.1, 0.15) is 0 Å². The van der Waals surface area contributed by atoms with Crippen LogP contribution in [-0.2, 0) is 4.74 Å². The fourth-order valence-corrected chi connectivity index (χ4v) is 2.08. The van der Waals surface area contributed by atoms with Crippen LogP contribution in [0.5, 0.6) is 0 Å². The number of ether oxygens (including phenoxy) is 1. The van der Waals surface area contributed by atoms with E-state index in [0.29, 0.717) is 19.8 Å². The molecule has 3 rings (SSSR count). The zero-order valence-electron chi connectivity index (χ0n) is 10.1. The second kappa shape index (κ2) is 4.55. The Balaban J connectivity index is 1.74. The predicted molar refractivity (Wildman–Crippen MR) is 70.6 cm³/mol. The van der Waals surface area contributed by atoms with Crippen LogP contribution in [-0.4, -0.2) is 36.5 Å². The van der Waals surface area contributed by atoms with Gasteiger partial charge in [-0.3, -0.25) is 0 Å². The molecule has 1 aliphatic heterocycles. The summed E-state index contributed by atoms with van der Waals surface area (Å²) >= 11 is 0. The first kappa shape index (κ1) is 11.4. The molecule has 0 bridgehead atoms. The van der Waals surface area contributed by atoms with Gasteiger partial charge in [-0.15, -0.1) is 0 Å². The van der Waals surface area contributed by atoms with Crippen molar-refractivity contribution >= 4 is 16.7 Å². The molecular formula is C14H16N2O2. The normalized spacial score (nSPS) is 17.4. The lowest BCUT2D eigenvalue weighted by atomic mass is 9.87. The summed E-state index contributed by atoms with van der Waals surface area (Å²) in [6.45, 7) is 2.07. The lowest BCUT2D eigenvalue weighted by molar-refractivity contribution is -0.128. The molecule has 1 aromatic carbocycles. The summed E-state index contributed by atoms with van der Waals surface area (Å²) in [5.41, 5.74) is 0.846. The maximum atomic E-state index is 9.35. The van der Waals surface area contributed by atoms with Crippen LogP contribution in [0.3, 0.4) is 0 Å². The molecule has 1 fully saturated rings. The molecule has 1 saturated heterocycles. The summed E-state index contributed by atoms with van der Waals surface area (Å²) in [4.78, 5) is 4.54. The van der Waals surface area contributed by atoms with Gasteiger partial charge < -0.3 is 15.2 Å². The maximum Gasteiger partial charge on any atom is 0.126 e. The molecule has 1 aliphatic rings. The smallest absolute Gasteiger partial charge is 0.126 e. The Morgan fingerprint density at radius 3 is 2.78 bits per heavy atom. The first-order valence-electron chi connectivity index (χ1n) is 6.10. The Labute approximate surface area is 106 Å². The fourth-order valence-electron chi connectivity index (χ4n) is 2.08. The molecule has 0 saturated carbocycles. The van der Waals surface area contributed by atoms with E-state index < -0.39 is 0 Å². The number of benzene rings is 1. The number of hydrogen-bond acceptors (Lipinski definition) is 4. The van der Waals surface area contributed by atoms with E-state index in [2.05, 4.69) is 10.3 Å². The third-order valence-corrected chi connectivity index (χ3v) is 3.39. The third kappa shape index (κ3) is 2.05. The van der Waals surface area contributed by atoms with E-state index in [9.17, 15) is 5.11 Å². The van der Waals surface area contributed by atoms with Crippen LogP contribution < -0.4 is 5.32 Å². The summed E-state index contributed by atoms with van der Waals surface area (Å²) in [7, 11) is 0. The van der Waals surface area contributed by atoms with Gasteiger partial charge in [0.1, 0.15) is 5.82 Å². The SMILES string of the molecule is OCC1(CNc2ccc3ccccc3n2)COC1. The second-order valence-corrected chi connectivity index (χ2v) is 4.89. The molecule has 1 aromatic heterocycles. The average Bonchev–Trinajstić information content (AvgIpc) is 2.38. The summed E-state index contributed by atoms with van der Waals surface area (Å²) in [5.74, 6) is 0.841. The number of para-hydroxylation sites is 1. The van der Waals surface area contributed by atoms with E-state index in [1.165, 1.54) is 0 Å². The number of nitrogens with one attached hydrogen (secondary N) is 1. The number of hydrogen-bond donors (Lipinski definition) is 2. The first-order chi connectivity index (χ1) is 8.81. The largest absolute Gasteiger partial charge is 0.396 e. The van der Waals surface area contributed by atoms with Crippen LogP contribution >= 0.6 is 0 Å². The van der Waals surface area contributed by atoms with E-state index in [1.807, 2.05) is 36.4 Å². The Morgan fingerprint density at radius 2 is 2.06 bits per heavy atom. The van der Waals surface area contributed by atoms with E-state index in [4.69, 9.17) is 4.74 Å². The summed E-state index contributed by atoms with van der Waals surface area (Å²) in [6.07, 6.45) is 0. The number of aliphatic hydroxyl groups is 1. The minimum absolute atomic E-state index is 0.132. The van der Waals surface area contributed by atoms with Crippen LogP contribution in [0.2, 0.25) is 0 Å². The van der Waals surface area contributed by atoms with Gasteiger partial charge in [-0.25, -0.2) is 4.98 Å². The summed E-state index contributed by atoms with van der Waals surface area (Å²) in [6, 6.07) is 12.0. The number of fused-ring (bicyclic) bond motifs is 1. The monoisotopic (exact) mass is 244 g/mol. The van der Waals surface area contributed by atoms with Crippen LogP contribution in [0.4, 0.5) is 5.82 Å². The Hall–Kier alpha value is -1.65. The minimum atomic E-state index is -0.132. The Bertz CT molecular complexity index is 547. The van der Waals surface area contributed by atoms with Crippen molar-refractivity contribution in [3.63, 3.8) is 0 Å². The van der Waals surface area contributed by atoms with Crippen molar-refractivity contribution in [3.05, 3.63) is 36.4 Å². The number of aromatic nitrogens is 1. The van der Waals surface area contributed by atoms with Crippen molar-refractivity contribution in [2.24, 2.45) is 5.41 Å².